The number of nitrogens with one attached hydrogen (secondary N) is 3. The number of benzene rings is 3. The molecule has 0 aliphatic heterocycles. The van der Waals surface area contributed by atoms with Crippen LogP contribution in [0.25, 0.3) is 6.08 Å². The summed E-state index contributed by atoms with van der Waals surface area (Å²) in [5.74, 6) is -2.00. The van der Waals surface area contributed by atoms with Gasteiger partial charge in [-0.15, -0.1) is 23.1 Å². The van der Waals surface area contributed by atoms with Crippen molar-refractivity contribution in [2.45, 2.75) is 49.7 Å². The van der Waals surface area contributed by atoms with Gasteiger partial charge < -0.3 is 20.7 Å². The number of para-hydroxylation sites is 1. The van der Waals surface area contributed by atoms with Gasteiger partial charge in [-0.25, -0.2) is 4.79 Å². The molecule has 0 fully saturated rings. The molecule has 11 nitrogen and oxygen atoms in total. The van der Waals surface area contributed by atoms with E-state index in [9.17, 15) is 29.3 Å². The number of rotatable bonds is 12. The molecule has 13 heteroatoms. The minimum Gasteiger partial charge on any atom is -0.462 e. The van der Waals surface area contributed by atoms with Crippen molar-refractivity contribution in [3.05, 3.63) is 122 Å². The van der Waals surface area contributed by atoms with Crippen LogP contribution in [0.1, 0.15) is 63.4 Å². The third-order valence-electron chi connectivity index (χ3n) is 7.62. The SMILES string of the molecule is CCOC(=O)c1c(NC(=O)C(C)Sc2cccc(NC(=O)/C(=C\c3ccccc3[N+](=O)[O-])NC(=O)c3ccccc3)c2)sc2c1CCCC2. The lowest BCUT2D eigenvalue weighted by molar-refractivity contribution is -0.385. The summed E-state index contributed by atoms with van der Waals surface area (Å²) in [6.45, 7) is 3.73. The number of fused-ring (bicyclic) bond motifs is 1. The van der Waals surface area contributed by atoms with Crippen molar-refractivity contribution in [2.24, 2.45) is 0 Å². The standard InChI is InChI=1S/C36H34N4O7S2/c1-3-47-36(44)31-27-17-8-10-19-30(27)49-35(31)39-32(41)22(2)48-26-16-11-15-25(21-26)37-34(43)28(38-33(42)23-12-5-4-6-13-23)20-24-14-7-9-18-29(24)40(45)46/h4-7,9,11-16,18,20-22H,3,8,10,17,19H2,1-2H3,(H,37,43)(H,38,42)(H,39,41)/b28-20+. The van der Waals surface area contributed by atoms with Gasteiger partial charge in [0.05, 0.1) is 27.9 Å². The second-order valence-corrected chi connectivity index (χ2v) is 13.6. The lowest BCUT2D eigenvalue weighted by atomic mass is 9.95. The number of thiophene rings is 1. The number of anilines is 2. The highest BCUT2D eigenvalue weighted by atomic mass is 32.2. The van der Waals surface area contributed by atoms with Crippen LogP contribution in [0, 0.1) is 10.1 Å². The quantitative estimate of drug-likeness (QED) is 0.0460. The lowest BCUT2D eigenvalue weighted by Gasteiger charge is -2.15. The van der Waals surface area contributed by atoms with E-state index in [1.165, 1.54) is 47.4 Å². The number of ether oxygens (including phenoxy) is 1. The number of thioether (sulfide) groups is 1. The summed E-state index contributed by atoms with van der Waals surface area (Å²) in [5, 5.41) is 19.9. The molecule has 0 radical (unpaired) electrons. The van der Waals surface area contributed by atoms with E-state index in [1.54, 1.807) is 74.5 Å². The first-order valence-corrected chi connectivity index (χ1v) is 17.4. The summed E-state index contributed by atoms with van der Waals surface area (Å²) in [5.41, 5.74) is 1.78. The average molecular weight is 699 g/mol. The molecule has 1 unspecified atom stereocenters. The fourth-order valence-electron chi connectivity index (χ4n) is 5.26. The molecular weight excluding hydrogens is 665 g/mol. The Morgan fingerprint density at radius 2 is 1.71 bits per heavy atom. The maximum absolute atomic E-state index is 13.6. The smallest absolute Gasteiger partial charge is 0.341 e. The molecule has 3 aromatic carbocycles. The molecule has 1 aliphatic carbocycles. The van der Waals surface area contributed by atoms with Crippen LogP contribution in [0.5, 0.6) is 0 Å². The summed E-state index contributed by atoms with van der Waals surface area (Å²) in [7, 11) is 0. The Bertz CT molecular complexity index is 1920. The fraction of sp³-hybridized carbons (Fsp3) is 0.222. The van der Waals surface area contributed by atoms with Crippen LogP contribution in [0.4, 0.5) is 16.4 Å². The van der Waals surface area contributed by atoms with Crippen LogP contribution < -0.4 is 16.0 Å². The number of amides is 3. The third-order valence-corrected chi connectivity index (χ3v) is 9.92. The topological polar surface area (TPSA) is 157 Å². The van der Waals surface area contributed by atoms with E-state index < -0.39 is 28.0 Å². The van der Waals surface area contributed by atoms with Gasteiger partial charge in [-0.3, -0.25) is 24.5 Å². The molecular formula is C36H34N4O7S2. The molecule has 252 valence electrons. The molecule has 0 saturated carbocycles. The first-order chi connectivity index (χ1) is 23.6. The van der Waals surface area contributed by atoms with Gasteiger partial charge in [0.25, 0.3) is 17.5 Å². The zero-order valence-corrected chi connectivity index (χ0v) is 28.5. The predicted molar refractivity (Wildman–Crippen MR) is 191 cm³/mol. The molecule has 0 saturated heterocycles. The molecule has 1 atom stereocenters. The normalized spacial score (nSPS) is 13.1. The van der Waals surface area contributed by atoms with E-state index in [0.717, 1.165) is 36.1 Å². The summed E-state index contributed by atoms with van der Waals surface area (Å²) >= 11 is 2.68. The highest BCUT2D eigenvalue weighted by Gasteiger charge is 2.28. The van der Waals surface area contributed by atoms with Crippen molar-refractivity contribution in [1.82, 2.24) is 5.32 Å². The van der Waals surface area contributed by atoms with Crippen LogP contribution in [-0.4, -0.2) is 40.5 Å². The number of nitro benzene ring substituents is 1. The Labute approximate surface area is 291 Å². The number of carbonyl (C=O) groups excluding carboxylic acids is 4. The molecule has 49 heavy (non-hydrogen) atoms. The number of nitrogens with zero attached hydrogens (tertiary/aromatic N) is 1. The van der Waals surface area contributed by atoms with Crippen molar-refractivity contribution < 1.29 is 28.8 Å². The van der Waals surface area contributed by atoms with Crippen molar-refractivity contribution in [1.29, 1.82) is 0 Å². The molecule has 3 N–H and O–H groups in total. The molecule has 1 heterocycles. The molecule has 0 bridgehead atoms. The Morgan fingerprint density at radius 1 is 0.980 bits per heavy atom. The Balaban J connectivity index is 1.32. The number of carbonyl (C=O) groups is 4. The van der Waals surface area contributed by atoms with Crippen LogP contribution in [-0.2, 0) is 27.2 Å². The zero-order chi connectivity index (χ0) is 34.9. The maximum Gasteiger partial charge on any atom is 0.341 e. The van der Waals surface area contributed by atoms with Gasteiger partial charge in [-0.05, 0) is 87.6 Å². The monoisotopic (exact) mass is 698 g/mol. The first-order valence-electron chi connectivity index (χ1n) is 15.7. The number of nitro groups is 1. The largest absolute Gasteiger partial charge is 0.462 e. The Morgan fingerprint density at radius 3 is 2.47 bits per heavy atom. The third kappa shape index (κ3) is 8.80. The van der Waals surface area contributed by atoms with Gasteiger partial charge >= 0.3 is 5.97 Å². The number of hydrogen-bond acceptors (Lipinski definition) is 9. The van der Waals surface area contributed by atoms with Gasteiger partial charge in [0.15, 0.2) is 0 Å². The van der Waals surface area contributed by atoms with Crippen LogP contribution in [0.3, 0.4) is 0 Å². The van der Waals surface area contributed by atoms with Crippen molar-refractivity contribution in [3.63, 3.8) is 0 Å². The Kier molecular flexibility index (Phi) is 11.6. The van der Waals surface area contributed by atoms with Crippen molar-refractivity contribution in [3.8, 4) is 0 Å². The molecule has 4 aromatic rings. The summed E-state index contributed by atoms with van der Waals surface area (Å²) in [6, 6.07) is 21.0. The summed E-state index contributed by atoms with van der Waals surface area (Å²) in [6.07, 6.45) is 4.90. The lowest BCUT2D eigenvalue weighted by Crippen LogP contribution is -2.30. The molecule has 3 amide bonds. The molecule has 1 aliphatic rings. The second kappa shape index (κ2) is 16.2. The first kappa shape index (κ1) is 35.0. The van der Waals surface area contributed by atoms with E-state index in [4.69, 9.17) is 4.74 Å². The van der Waals surface area contributed by atoms with E-state index in [0.29, 0.717) is 26.7 Å². The van der Waals surface area contributed by atoms with E-state index >= 15 is 0 Å². The predicted octanol–water partition coefficient (Wildman–Crippen LogP) is 7.24. The van der Waals surface area contributed by atoms with E-state index in [-0.39, 0.29) is 29.5 Å². The van der Waals surface area contributed by atoms with Crippen LogP contribution in [0.2, 0.25) is 0 Å². The Hall–Kier alpha value is -5.27. The summed E-state index contributed by atoms with van der Waals surface area (Å²) in [4.78, 5) is 65.6. The minimum absolute atomic E-state index is 0.132. The molecule has 1 aromatic heterocycles. The second-order valence-electron chi connectivity index (χ2n) is 11.1. The van der Waals surface area contributed by atoms with Gasteiger partial charge in [-0.1, -0.05) is 36.4 Å². The average Bonchev–Trinajstić information content (AvgIpc) is 3.46. The maximum atomic E-state index is 13.6. The van der Waals surface area contributed by atoms with Gasteiger partial charge in [0.2, 0.25) is 5.91 Å². The number of esters is 1. The minimum atomic E-state index is -0.705. The van der Waals surface area contributed by atoms with Crippen molar-refractivity contribution in [2.75, 3.05) is 17.2 Å². The number of aryl methyl sites for hydroxylation is 1. The van der Waals surface area contributed by atoms with Crippen LogP contribution >= 0.6 is 23.1 Å². The van der Waals surface area contributed by atoms with Gasteiger partial charge in [-0.2, -0.15) is 0 Å². The van der Waals surface area contributed by atoms with Gasteiger partial charge in [0, 0.05) is 27.1 Å². The highest BCUT2D eigenvalue weighted by Crippen LogP contribution is 2.39. The molecule has 0 spiro atoms. The van der Waals surface area contributed by atoms with E-state index in [2.05, 4.69) is 16.0 Å². The van der Waals surface area contributed by atoms with Crippen molar-refractivity contribution >= 4 is 69.2 Å². The zero-order valence-electron chi connectivity index (χ0n) is 26.8. The fourth-order valence-corrected chi connectivity index (χ4v) is 7.47. The number of hydrogen-bond donors (Lipinski definition) is 3. The van der Waals surface area contributed by atoms with E-state index in [1.807, 2.05) is 0 Å². The van der Waals surface area contributed by atoms with Crippen LogP contribution in [0.15, 0.2) is 89.5 Å². The summed E-state index contributed by atoms with van der Waals surface area (Å²) < 4.78 is 5.31. The van der Waals surface area contributed by atoms with Gasteiger partial charge in [0.1, 0.15) is 10.7 Å². The molecule has 5 rings (SSSR count). The highest BCUT2D eigenvalue weighted by molar-refractivity contribution is 8.00.